The van der Waals surface area contributed by atoms with Gasteiger partial charge in [0, 0.05) is 23.6 Å². The van der Waals surface area contributed by atoms with Crippen LogP contribution in [0.5, 0.6) is 0 Å². The predicted molar refractivity (Wildman–Crippen MR) is 122 cm³/mol. The first-order valence-corrected chi connectivity index (χ1v) is 11.5. The molecule has 0 bridgehead atoms. The summed E-state index contributed by atoms with van der Waals surface area (Å²) in [5.74, 6) is 0.821. The van der Waals surface area contributed by atoms with Gasteiger partial charge in [0.1, 0.15) is 0 Å². The molecule has 4 heteroatoms. The molecule has 0 spiro atoms. The Bertz CT molecular complexity index is 779. The third-order valence-corrected chi connectivity index (χ3v) is 5.99. The number of unbranched alkanes of at least 4 members (excludes halogenated alkanes) is 1. The Morgan fingerprint density at radius 2 is 2.10 bits per heavy atom. The lowest BCUT2D eigenvalue weighted by molar-refractivity contribution is -0.123. The number of carbonyl (C=O) groups excluding carboxylic acids is 1. The second kappa shape index (κ2) is 11.8. The maximum atomic E-state index is 12.9. The zero-order valence-electron chi connectivity index (χ0n) is 17.9. The van der Waals surface area contributed by atoms with Gasteiger partial charge in [-0.15, -0.1) is 0 Å². The summed E-state index contributed by atoms with van der Waals surface area (Å²) in [6, 6.07) is 8.12. The first-order valence-electron chi connectivity index (χ1n) is 11.5. The minimum absolute atomic E-state index is 0.128. The molecule has 0 unspecified atom stereocenters. The van der Waals surface area contributed by atoms with Crippen LogP contribution < -0.4 is 10.6 Å². The number of aromatic amines is 1. The van der Waals surface area contributed by atoms with Gasteiger partial charge in [-0.3, -0.25) is 4.79 Å². The van der Waals surface area contributed by atoms with Crippen molar-refractivity contribution >= 4 is 16.8 Å². The van der Waals surface area contributed by atoms with Crippen molar-refractivity contribution in [1.82, 2.24) is 15.6 Å². The largest absolute Gasteiger partial charge is 0.361 e. The van der Waals surface area contributed by atoms with Gasteiger partial charge in [-0.25, -0.2) is 0 Å². The standard InChI is InChI=1S/C25H37N3O/c1-2-3-16-26-24(18-21-19-28-23-15-9-8-14-22(21)23)25(29)27-17-10-13-20-11-6-4-5-7-12-20/h6,8-9,11,14-15,19-20,24,26,28H,2-5,7,10,12-13,16-18H2,1H3,(H,27,29)/t20-,24-/m0/s1. The minimum Gasteiger partial charge on any atom is -0.361 e. The van der Waals surface area contributed by atoms with Gasteiger partial charge >= 0.3 is 0 Å². The Hall–Kier alpha value is -2.07. The molecule has 1 heterocycles. The maximum Gasteiger partial charge on any atom is 0.237 e. The van der Waals surface area contributed by atoms with Gasteiger partial charge in [0.05, 0.1) is 6.04 Å². The topological polar surface area (TPSA) is 56.9 Å². The van der Waals surface area contributed by atoms with E-state index in [-0.39, 0.29) is 11.9 Å². The monoisotopic (exact) mass is 395 g/mol. The number of nitrogens with one attached hydrogen (secondary N) is 3. The Labute approximate surface area is 175 Å². The molecule has 3 N–H and O–H groups in total. The van der Waals surface area contributed by atoms with E-state index in [4.69, 9.17) is 0 Å². The lowest BCUT2D eigenvalue weighted by atomic mass is 9.98. The second-order valence-electron chi connectivity index (χ2n) is 8.33. The van der Waals surface area contributed by atoms with E-state index in [9.17, 15) is 4.79 Å². The third kappa shape index (κ3) is 6.74. The van der Waals surface area contributed by atoms with Crippen LogP contribution in [0.15, 0.2) is 42.6 Å². The smallest absolute Gasteiger partial charge is 0.237 e. The van der Waals surface area contributed by atoms with Crippen molar-refractivity contribution in [1.29, 1.82) is 0 Å². The average Bonchev–Trinajstić information content (AvgIpc) is 2.96. The minimum atomic E-state index is -0.182. The highest BCUT2D eigenvalue weighted by Gasteiger charge is 2.19. The summed E-state index contributed by atoms with van der Waals surface area (Å²) < 4.78 is 0. The molecule has 0 saturated heterocycles. The molecule has 2 atom stereocenters. The third-order valence-electron chi connectivity index (χ3n) is 5.99. The van der Waals surface area contributed by atoms with Crippen LogP contribution in [0.3, 0.4) is 0 Å². The van der Waals surface area contributed by atoms with Crippen LogP contribution in [0.1, 0.15) is 63.9 Å². The zero-order valence-corrected chi connectivity index (χ0v) is 17.9. The molecule has 29 heavy (non-hydrogen) atoms. The number of H-pyrrole nitrogens is 1. The molecule has 158 valence electrons. The molecule has 1 aromatic heterocycles. The highest BCUT2D eigenvalue weighted by Crippen LogP contribution is 2.21. The molecule has 3 rings (SSSR count). The highest BCUT2D eigenvalue weighted by atomic mass is 16.2. The summed E-state index contributed by atoms with van der Waals surface area (Å²) in [4.78, 5) is 16.2. The van der Waals surface area contributed by atoms with Gasteiger partial charge in [0.15, 0.2) is 0 Å². The van der Waals surface area contributed by atoms with Crippen LogP contribution in [-0.2, 0) is 11.2 Å². The van der Waals surface area contributed by atoms with Crippen LogP contribution in [-0.4, -0.2) is 30.0 Å². The van der Waals surface area contributed by atoms with Gasteiger partial charge < -0.3 is 15.6 Å². The molecule has 0 aliphatic heterocycles. The molecule has 2 aromatic rings. The number of carbonyl (C=O) groups is 1. The second-order valence-corrected chi connectivity index (χ2v) is 8.33. The van der Waals surface area contributed by atoms with Gasteiger partial charge in [-0.05, 0) is 69.0 Å². The molecular formula is C25H37N3O. The summed E-state index contributed by atoms with van der Waals surface area (Å²) in [6.45, 7) is 3.82. The number of fused-ring (bicyclic) bond motifs is 1. The summed E-state index contributed by atoms with van der Waals surface area (Å²) in [5, 5.41) is 7.89. The van der Waals surface area contributed by atoms with Crippen molar-refractivity contribution in [3.63, 3.8) is 0 Å². The van der Waals surface area contributed by atoms with Gasteiger partial charge in [0.25, 0.3) is 0 Å². The number of allylic oxidation sites excluding steroid dienone is 2. The lowest BCUT2D eigenvalue weighted by Gasteiger charge is -2.19. The van der Waals surface area contributed by atoms with Crippen LogP contribution >= 0.6 is 0 Å². The van der Waals surface area contributed by atoms with E-state index >= 15 is 0 Å². The van der Waals surface area contributed by atoms with Crippen molar-refractivity contribution in [3.05, 3.63) is 48.2 Å². The Kier molecular flexibility index (Phi) is 8.82. The number of hydrogen-bond acceptors (Lipinski definition) is 2. The van der Waals surface area contributed by atoms with E-state index in [0.29, 0.717) is 12.3 Å². The molecule has 1 aromatic carbocycles. The molecule has 4 nitrogen and oxygen atoms in total. The van der Waals surface area contributed by atoms with Crippen LogP contribution in [0.25, 0.3) is 10.9 Å². The van der Waals surface area contributed by atoms with E-state index in [0.717, 1.165) is 37.9 Å². The van der Waals surface area contributed by atoms with Crippen LogP contribution in [0.2, 0.25) is 0 Å². The van der Waals surface area contributed by atoms with E-state index < -0.39 is 0 Å². The number of aromatic nitrogens is 1. The van der Waals surface area contributed by atoms with Gasteiger partial charge in [-0.1, -0.05) is 50.1 Å². The van der Waals surface area contributed by atoms with Gasteiger partial charge in [0.2, 0.25) is 5.91 Å². The molecule has 1 amide bonds. The van der Waals surface area contributed by atoms with Crippen molar-refractivity contribution in [2.45, 2.75) is 70.8 Å². The summed E-state index contributed by atoms with van der Waals surface area (Å²) in [7, 11) is 0. The molecule has 0 saturated carbocycles. The number of rotatable bonds is 11. The first kappa shape index (κ1) is 21.6. The van der Waals surface area contributed by atoms with Gasteiger partial charge in [-0.2, -0.15) is 0 Å². The Morgan fingerprint density at radius 3 is 3.00 bits per heavy atom. The molecule has 1 aliphatic carbocycles. The highest BCUT2D eigenvalue weighted by molar-refractivity contribution is 5.86. The van der Waals surface area contributed by atoms with Crippen molar-refractivity contribution in [2.75, 3.05) is 13.1 Å². The molecule has 0 fully saturated rings. The quantitative estimate of drug-likeness (QED) is 0.366. The first-order chi connectivity index (χ1) is 14.3. The SMILES string of the molecule is CCCCN[C@@H](Cc1c[nH]c2ccccc12)C(=O)NCCC[C@H]1C=CCCCC1. The van der Waals surface area contributed by atoms with Crippen LogP contribution in [0, 0.1) is 5.92 Å². The maximum absolute atomic E-state index is 12.9. The molecule has 1 aliphatic rings. The number of benzene rings is 1. The van der Waals surface area contributed by atoms with Crippen molar-refractivity contribution in [3.8, 4) is 0 Å². The summed E-state index contributed by atoms with van der Waals surface area (Å²) in [5.41, 5.74) is 2.33. The lowest BCUT2D eigenvalue weighted by Crippen LogP contribution is -2.46. The molecular weight excluding hydrogens is 358 g/mol. The van der Waals surface area contributed by atoms with Crippen LogP contribution in [0.4, 0.5) is 0 Å². The predicted octanol–water partition coefficient (Wildman–Crippen LogP) is 5.11. The van der Waals surface area contributed by atoms with Crippen molar-refractivity contribution in [2.24, 2.45) is 5.92 Å². The van der Waals surface area contributed by atoms with E-state index in [1.165, 1.54) is 43.1 Å². The normalized spacial score (nSPS) is 17.9. The summed E-state index contributed by atoms with van der Waals surface area (Å²) >= 11 is 0. The average molecular weight is 396 g/mol. The fraction of sp³-hybridized carbons (Fsp3) is 0.560. The van der Waals surface area contributed by atoms with Crippen molar-refractivity contribution < 1.29 is 4.79 Å². The number of amides is 1. The molecule has 0 radical (unpaired) electrons. The zero-order chi connectivity index (χ0) is 20.3. The summed E-state index contributed by atoms with van der Waals surface area (Å²) in [6.07, 6.45) is 17.1. The fourth-order valence-electron chi connectivity index (χ4n) is 4.22. The number of hydrogen-bond donors (Lipinski definition) is 3. The fourth-order valence-corrected chi connectivity index (χ4v) is 4.22. The number of para-hydroxylation sites is 1. The Morgan fingerprint density at radius 1 is 1.21 bits per heavy atom. The Balaban J connectivity index is 1.52. The van der Waals surface area contributed by atoms with E-state index in [1.807, 2.05) is 12.3 Å². The van der Waals surface area contributed by atoms with E-state index in [1.54, 1.807) is 0 Å². The van der Waals surface area contributed by atoms with E-state index in [2.05, 4.69) is 52.9 Å².